The summed E-state index contributed by atoms with van der Waals surface area (Å²) in [5.74, 6) is -9.43. The van der Waals surface area contributed by atoms with E-state index < -0.39 is 47.5 Å². The molecule has 0 unspecified atom stereocenters. The Morgan fingerprint density at radius 2 is 0.580 bits per heavy atom. The molecular weight excluding hydrogens is 889 g/mol. The van der Waals surface area contributed by atoms with Crippen LogP contribution in [0.25, 0.3) is 24.3 Å². The smallest absolute Gasteiger partial charge is 0.336 e. The summed E-state index contributed by atoms with van der Waals surface area (Å²) in [5.41, 5.74) is -1.35. The Kier molecular flexibility index (Phi) is 14.5. The average molecular weight is 927 g/mol. The maximum Gasteiger partial charge on any atom is 0.336 e. The molecule has 6 rings (SSSR count). The van der Waals surface area contributed by atoms with Crippen LogP contribution in [-0.2, 0) is 0 Å². The fraction of sp³-hybridized carbons (Fsp3) is 0. The summed E-state index contributed by atoms with van der Waals surface area (Å²) in [6.45, 7) is 14.5. The van der Waals surface area contributed by atoms with E-state index in [1.54, 1.807) is 0 Å². The third kappa shape index (κ3) is 11.0. The van der Waals surface area contributed by atoms with Crippen LogP contribution < -0.4 is 26.0 Å². The number of carbonyl (C=O) groups is 8. The lowest BCUT2D eigenvalue weighted by atomic mass is 10.0. The molecule has 0 aliphatic heterocycles. The van der Waals surface area contributed by atoms with E-state index in [2.05, 4.69) is 47.6 Å². The minimum Gasteiger partial charge on any atom is -0.478 e. The van der Waals surface area contributed by atoms with E-state index in [0.717, 1.165) is 0 Å². The molecule has 8 N–H and O–H groups in total. The summed E-state index contributed by atoms with van der Waals surface area (Å²) in [7, 11) is 0. The van der Waals surface area contributed by atoms with Crippen LogP contribution in [0.3, 0.4) is 0 Å². The van der Waals surface area contributed by atoms with Crippen molar-refractivity contribution in [3.8, 4) is 11.5 Å². The van der Waals surface area contributed by atoms with Crippen molar-refractivity contribution >= 4 is 94.6 Å². The molecule has 17 nitrogen and oxygen atoms in total. The largest absolute Gasteiger partial charge is 0.478 e. The van der Waals surface area contributed by atoms with Crippen molar-refractivity contribution in [3.05, 3.63) is 202 Å². The molecule has 0 heterocycles. The third-order valence-electron chi connectivity index (χ3n) is 10.2. The number of amides is 4. The highest BCUT2D eigenvalue weighted by molar-refractivity contribution is 6.17. The van der Waals surface area contributed by atoms with Crippen LogP contribution in [0.2, 0.25) is 0 Å². The lowest BCUT2D eigenvalue weighted by Gasteiger charge is -2.18. The highest BCUT2D eigenvalue weighted by Crippen LogP contribution is 2.35. The van der Waals surface area contributed by atoms with Crippen LogP contribution >= 0.6 is 0 Å². The number of nitrogens with one attached hydrogen (secondary N) is 4. The number of carbonyl (C=O) groups excluding carboxylic acids is 4. The minimum absolute atomic E-state index is 0.0408. The lowest BCUT2D eigenvalue weighted by Crippen LogP contribution is -2.20. The fourth-order valence-electron chi connectivity index (χ4n) is 6.75. The second kappa shape index (κ2) is 20.8. The van der Waals surface area contributed by atoms with Crippen molar-refractivity contribution in [2.75, 3.05) is 21.3 Å². The summed E-state index contributed by atoms with van der Waals surface area (Å²) in [4.78, 5) is 104. The van der Waals surface area contributed by atoms with Gasteiger partial charge in [0.25, 0.3) is 23.6 Å². The van der Waals surface area contributed by atoms with Gasteiger partial charge >= 0.3 is 23.9 Å². The molecule has 0 atom stereocenters. The molecule has 0 fully saturated rings. The van der Waals surface area contributed by atoms with Crippen molar-refractivity contribution < 1.29 is 63.5 Å². The second-order valence-corrected chi connectivity index (χ2v) is 14.6. The molecule has 6 aromatic rings. The molecule has 0 saturated heterocycles. The van der Waals surface area contributed by atoms with Gasteiger partial charge in [0, 0.05) is 12.1 Å². The number of ether oxygens (including phenoxy) is 1. The summed E-state index contributed by atoms with van der Waals surface area (Å²) in [6.07, 6.45) is 5.56. The van der Waals surface area contributed by atoms with Gasteiger partial charge in [-0.25, -0.2) is 19.2 Å². The lowest BCUT2D eigenvalue weighted by molar-refractivity contribution is 0.0683. The van der Waals surface area contributed by atoms with Crippen molar-refractivity contribution in [1.82, 2.24) is 0 Å². The zero-order valence-electron chi connectivity index (χ0n) is 36.0. The number of benzene rings is 6. The van der Waals surface area contributed by atoms with Crippen molar-refractivity contribution in [2.24, 2.45) is 0 Å². The minimum atomic E-state index is -1.43. The molecule has 344 valence electrons. The van der Waals surface area contributed by atoms with Gasteiger partial charge in [0.1, 0.15) is 11.5 Å². The monoisotopic (exact) mass is 926 g/mol. The van der Waals surface area contributed by atoms with Gasteiger partial charge in [0.15, 0.2) is 0 Å². The molecule has 69 heavy (non-hydrogen) atoms. The van der Waals surface area contributed by atoms with Gasteiger partial charge in [-0.05, 0) is 95.1 Å². The van der Waals surface area contributed by atoms with Gasteiger partial charge in [-0.1, -0.05) is 74.9 Å². The Morgan fingerprint density at radius 3 is 0.812 bits per heavy atom. The first-order valence-corrected chi connectivity index (χ1v) is 20.2. The van der Waals surface area contributed by atoms with Gasteiger partial charge in [-0.2, -0.15) is 0 Å². The first kappa shape index (κ1) is 48.3. The zero-order chi connectivity index (χ0) is 50.1. The predicted octanol–water partition coefficient (Wildman–Crippen LogP) is 9.85. The number of aromatic carboxylic acids is 4. The predicted molar refractivity (Wildman–Crippen MR) is 259 cm³/mol. The molecule has 0 saturated carbocycles. The molecule has 0 aliphatic carbocycles. The van der Waals surface area contributed by atoms with E-state index >= 15 is 0 Å². The van der Waals surface area contributed by atoms with Crippen molar-refractivity contribution in [1.29, 1.82) is 0 Å². The van der Waals surface area contributed by atoms with E-state index in [4.69, 9.17) is 4.74 Å². The van der Waals surface area contributed by atoms with Gasteiger partial charge in [0.2, 0.25) is 0 Å². The maximum absolute atomic E-state index is 13.8. The highest BCUT2D eigenvalue weighted by atomic mass is 16.5. The van der Waals surface area contributed by atoms with Crippen LogP contribution in [0.4, 0.5) is 22.7 Å². The molecule has 6 aromatic carbocycles. The Balaban J connectivity index is 1.42. The molecule has 17 heteroatoms. The molecule has 0 spiro atoms. The summed E-state index contributed by atoms with van der Waals surface area (Å²) in [5, 5.41) is 50.0. The molecule has 4 amide bonds. The SMILES string of the molecule is C=Cc1ccc(C(=O)Nc2ccc(Oc3ccc(NC(=O)c4ccc(C=C)cc4C(=O)O)c(NC(=O)c4ccc(C=C)cc4C(=O)O)c3)cc2NC(=O)c2ccc(C=C)cc2C(=O)O)c(C(=O)O)c1. The molecule has 0 aromatic heterocycles. The van der Waals surface area contributed by atoms with Crippen LogP contribution in [0.15, 0.2) is 136 Å². The van der Waals surface area contributed by atoms with Gasteiger partial charge in [0.05, 0.1) is 67.3 Å². The number of carboxylic acids is 4. The highest BCUT2D eigenvalue weighted by Gasteiger charge is 2.24. The number of rotatable bonds is 18. The van der Waals surface area contributed by atoms with E-state index in [9.17, 15) is 58.8 Å². The van der Waals surface area contributed by atoms with Crippen molar-refractivity contribution in [3.63, 3.8) is 0 Å². The van der Waals surface area contributed by atoms with Gasteiger partial charge in [-0.15, -0.1) is 0 Å². The Bertz CT molecular complexity index is 3010. The standard InChI is InChI=1S/C52H38N4O13/c1-5-27-9-15-33(37(21-27)49(61)62)45(57)53-41-19-13-31(25-43(41)55-47(59)35-17-11-29(7-3)23-39(35)51(65)66)69-32-14-20-42(54-46(58)34-16-10-28(6-2)22-38(34)50(63)64)44(26-32)56-48(60)36-18-12-30(8-4)24-40(36)52(67)68/h5-26H,1-4H2,(H,53,57)(H,54,58)(H,55,59)(H,56,60)(H,61,62)(H,63,64)(H,65,66)(H,67,68). The molecule has 0 bridgehead atoms. The van der Waals surface area contributed by atoms with Gasteiger partial charge < -0.3 is 46.4 Å². The fourth-order valence-corrected chi connectivity index (χ4v) is 6.75. The van der Waals surface area contributed by atoms with E-state index in [1.807, 2.05) is 0 Å². The molecule has 0 aliphatic rings. The molecular formula is C52H38N4O13. The summed E-state index contributed by atoms with van der Waals surface area (Å²) in [6, 6.07) is 23.7. The second-order valence-electron chi connectivity index (χ2n) is 14.6. The van der Waals surface area contributed by atoms with Crippen LogP contribution in [0.1, 0.15) is 105 Å². The molecule has 0 radical (unpaired) electrons. The average Bonchev–Trinajstić information content (AvgIpc) is 3.34. The first-order chi connectivity index (χ1) is 32.9. The third-order valence-corrected chi connectivity index (χ3v) is 10.2. The van der Waals surface area contributed by atoms with Gasteiger partial charge in [-0.3, -0.25) is 19.2 Å². The summed E-state index contributed by atoms with van der Waals surface area (Å²) >= 11 is 0. The quantitative estimate of drug-likeness (QED) is 0.0399. The van der Waals surface area contributed by atoms with Crippen molar-refractivity contribution in [2.45, 2.75) is 0 Å². The van der Waals surface area contributed by atoms with E-state index in [0.29, 0.717) is 22.3 Å². The van der Waals surface area contributed by atoms with Crippen LogP contribution in [0, 0.1) is 0 Å². The Hall–Kier alpha value is -10.2. The normalized spacial score (nSPS) is 10.4. The Morgan fingerprint density at radius 1 is 0.333 bits per heavy atom. The summed E-state index contributed by atoms with van der Waals surface area (Å²) < 4.78 is 6.15. The Labute approximate surface area is 392 Å². The zero-order valence-corrected chi connectivity index (χ0v) is 36.0. The number of hydrogen-bond donors (Lipinski definition) is 8. The number of anilines is 4. The van der Waals surface area contributed by atoms with Crippen LogP contribution in [-0.4, -0.2) is 67.9 Å². The number of hydrogen-bond acceptors (Lipinski definition) is 9. The first-order valence-electron chi connectivity index (χ1n) is 20.2. The van der Waals surface area contributed by atoms with Crippen LogP contribution in [0.5, 0.6) is 11.5 Å². The topological polar surface area (TPSA) is 275 Å². The van der Waals surface area contributed by atoms with E-state index in [1.165, 1.54) is 133 Å². The van der Waals surface area contributed by atoms with E-state index in [-0.39, 0.29) is 78.8 Å². The number of carboxylic acid groups (broad SMARTS) is 4. The maximum atomic E-state index is 13.8.